The Morgan fingerprint density at radius 1 is 1.40 bits per heavy atom. The molecule has 0 saturated carbocycles. The topological polar surface area (TPSA) is 41.6 Å². The SMILES string of the molecule is O=CN(c1ccccc1)C1CNCCO1. The van der Waals surface area contributed by atoms with Gasteiger partial charge in [0.2, 0.25) is 6.41 Å². The number of morpholine rings is 1. The molecule has 1 amide bonds. The zero-order chi connectivity index (χ0) is 10.5. The van der Waals surface area contributed by atoms with E-state index in [0.717, 1.165) is 18.6 Å². The molecule has 4 nitrogen and oxygen atoms in total. The van der Waals surface area contributed by atoms with Crippen molar-refractivity contribution in [2.24, 2.45) is 0 Å². The molecule has 0 bridgehead atoms. The molecule has 4 heteroatoms. The highest BCUT2D eigenvalue weighted by Crippen LogP contribution is 2.15. The van der Waals surface area contributed by atoms with Gasteiger partial charge in [-0.05, 0) is 12.1 Å². The molecule has 1 saturated heterocycles. The molecule has 15 heavy (non-hydrogen) atoms. The summed E-state index contributed by atoms with van der Waals surface area (Å²) in [7, 11) is 0. The Balaban J connectivity index is 2.12. The Bertz CT molecular complexity index is 310. The summed E-state index contributed by atoms with van der Waals surface area (Å²) in [6.45, 7) is 2.16. The number of hydrogen-bond acceptors (Lipinski definition) is 3. The fourth-order valence-corrected chi connectivity index (χ4v) is 1.63. The fraction of sp³-hybridized carbons (Fsp3) is 0.364. The van der Waals surface area contributed by atoms with Crippen LogP contribution in [0.5, 0.6) is 0 Å². The van der Waals surface area contributed by atoms with Crippen LogP contribution in [0.25, 0.3) is 0 Å². The molecule has 1 unspecified atom stereocenters. The largest absolute Gasteiger partial charge is 0.355 e. The maximum Gasteiger partial charge on any atom is 0.216 e. The zero-order valence-corrected chi connectivity index (χ0v) is 8.43. The predicted molar refractivity (Wildman–Crippen MR) is 57.6 cm³/mol. The van der Waals surface area contributed by atoms with E-state index in [0.29, 0.717) is 13.2 Å². The molecule has 1 aliphatic heterocycles. The highest BCUT2D eigenvalue weighted by atomic mass is 16.5. The standard InChI is InChI=1S/C11H14N2O2/c14-9-13(10-4-2-1-3-5-10)11-8-12-6-7-15-11/h1-5,9,11-12H,6-8H2. The van der Waals surface area contributed by atoms with Crippen LogP contribution in [0, 0.1) is 0 Å². The quantitative estimate of drug-likeness (QED) is 0.736. The normalized spacial score (nSPS) is 20.9. The Morgan fingerprint density at radius 2 is 2.20 bits per heavy atom. The summed E-state index contributed by atoms with van der Waals surface area (Å²) in [6, 6.07) is 9.52. The summed E-state index contributed by atoms with van der Waals surface area (Å²) in [5.74, 6) is 0. The number of hydrogen-bond donors (Lipinski definition) is 1. The van der Waals surface area contributed by atoms with Crippen molar-refractivity contribution < 1.29 is 9.53 Å². The smallest absolute Gasteiger partial charge is 0.216 e. The molecule has 1 heterocycles. The van der Waals surface area contributed by atoms with Gasteiger partial charge in [-0.2, -0.15) is 0 Å². The Morgan fingerprint density at radius 3 is 2.80 bits per heavy atom. The van der Waals surface area contributed by atoms with Crippen LogP contribution in [0.4, 0.5) is 5.69 Å². The first-order valence-electron chi connectivity index (χ1n) is 5.03. The number of rotatable bonds is 3. The van der Waals surface area contributed by atoms with Gasteiger partial charge in [0.1, 0.15) is 6.23 Å². The van der Waals surface area contributed by atoms with E-state index >= 15 is 0 Å². The van der Waals surface area contributed by atoms with Gasteiger partial charge in [-0.1, -0.05) is 18.2 Å². The number of benzene rings is 1. The van der Waals surface area contributed by atoms with E-state index in [4.69, 9.17) is 4.74 Å². The lowest BCUT2D eigenvalue weighted by Gasteiger charge is -2.31. The van der Waals surface area contributed by atoms with Crippen molar-refractivity contribution in [3.8, 4) is 0 Å². The molecular formula is C11H14N2O2. The minimum Gasteiger partial charge on any atom is -0.355 e. The van der Waals surface area contributed by atoms with Crippen LogP contribution in [-0.4, -0.2) is 32.3 Å². The lowest BCUT2D eigenvalue weighted by atomic mass is 10.3. The average molecular weight is 206 g/mol. The van der Waals surface area contributed by atoms with Gasteiger partial charge in [0.15, 0.2) is 0 Å². The van der Waals surface area contributed by atoms with Crippen molar-refractivity contribution >= 4 is 12.1 Å². The van der Waals surface area contributed by atoms with Crippen LogP contribution in [0.2, 0.25) is 0 Å². The van der Waals surface area contributed by atoms with Crippen LogP contribution in [-0.2, 0) is 9.53 Å². The van der Waals surface area contributed by atoms with Crippen molar-refractivity contribution in [3.63, 3.8) is 0 Å². The molecule has 0 aliphatic carbocycles. The van der Waals surface area contributed by atoms with Crippen LogP contribution in [0.1, 0.15) is 0 Å². The third-order valence-electron chi connectivity index (χ3n) is 2.39. The third-order valence-corrected chi connectivity index (χ3v) is 2.39. The van der Waals surface area contributed by atoms with Gasteiger partial charge in [0.05, 0.1) is 6.61 Å². The summed E-state index contributed by atoms with van der Waals surface area (Å²) in [4.78, 5) is 12.6. The van der Waals surface area contributed by atoms with Crippen molar-refractivity contribution in [1.82, 2.24) is 5.32 Å². The number of anilines is 1. The summed E-state index contributed by atoms with van der Waals surface area (Å²) in [5.41, 5.74) is 0.862. The highest BCUT2D eigenvalue weighted by molar-refractivity contribution is 5.75. The van der Waals surface area contributed by atoms with E-state index in [9.17, 15) is 4.79 Å². The first-order chi connectivity index (χ1) is 7.42. The molecule has 1 aromatic rings. The van der Waals surface area contributed by atoms with Crippen molar-refractivity contribution in [2.45, 2.75) is 6.23 Å². The van der Waals surface area contributed by atoms with E-state index in [1.54, 1.807) is 4.90 Å². The molecule has 0 spiro atoms. The lowest BCUT2D eigenvalue weighted by molar-refractivity contribution is -0.110. The number of amides is 1. The van der Waals surface area contributed by atoms with Gasteiger partial charge in [0.25, 0.3) is 0 Å². The van der Waals surface area contributed by atoms with Crippen LogP contribution < -0.4 is 10.2 Å². The van der Waals surface area contributed by atoms with E-state index < -0.39 is 0 Å². The monoisotopic (exact) mass is 206 g/mol. The molecule has 1 aromatic carbocycles. The van der Waals surface area contributed by atoms with Gasteiger partial charge < -0.3 is 10.1 Å². The van der Waals surface area contributed by atoms with Crippen molar-refractivity contribution in [1.29, 1.82) is 0 Å². The minimum atomic E-state index is -0.196. The fourth-order valence-electron chi connectivity index (χ4n) is 1.63. The number of para-hydroxylation sites is 1. The highest BCUT2D eigenvalue weighted by Gasteiger charge is 2.21. The van der Waals surface area contributed by atoms with Gasteiger partial charge in [-0.15, -0.1) is 0 Å². The summed E-state index contributed by atoms with van der Waals surface area (Å²) in [6.07, 6.45) is 0.617. The number of nitrogens with one attached hydrogen (secondary N) is 1. The molecule has 2 rings (SSSR count). The van der Waals surface area contributed by atoms with Crippen molar-refractivity contribution in [2.75, 3.05) is 24.6 Å². The molecule has 1 fully saturated rings. The number of carbonyl (C=O) groups excluding carboxylic acids is 1. The van der Waals surface area contributed by atoms with Gasteiger partial charge in [-0.3, -0.25) is 9.69 Å². The summed E-state index contributed by atoms with van der Waals surface area (Å²) >= 11 is 0. The Kier molecular flexibility index (Phi) is 3.32. The Hall–Kier alpha value is -1.39. The van der Waals surface area contributed by atoms with E-state index in [1.165, 1.54) is 0 Å². The molecule has 1 atom stereocenters. The van der Waals surface area contributed by atoms with E-state index in [1.807, 2.05) is 30.3 Å². The Labute approximate surface area is 88.8 Å². The first kappa shape index (κ1) is 10.1. The van der Waals surface area contributed by atoms with E-state index in [2.05, 4.69) is 5.32 Å². The summed E-state index contributed by atoms with van der Waals surface area (Å²) < 4.78 is 5.52. The minimum absolute atomic E-state index is 0.196. The molecule has 0 aromatic heterocycles. The number of carbonyl (C=O) groups is 1. The molecule has 0 radical (unpaired) electrons. The van der Waals surface area contributed by atoms with Gasteiger partial charge >= 0.3 is 0 Å². The second-order valence-electron chi connectivity index (χ2n) is 3.38. The number of ether oxygens (including phenoxy) is 1. The van der Waals surface area contributed by atoms with Crippen LogP contribution >= 0.6 is 0 Å². The number of nitrogens with zero attached hydrogens (tertiary/aromatic N) is 1. The van der Waals surface area contributed by atoms with Gasteiger partial charge in [0, 0.05) is 18.8 Å². The predicted octanol–water partition coefficient (Wildman–Crippen LogP) is 0.595. The third kappa shape index (κ3) is 2.34. The molecule has 1 N–H and O–H groups in total. The molecular weight excluding hydrogens is 192 g/mol. The molecule has 80 valence electrons. The second kappa shape index (κ2) is 4.91. The summed E-state index contributed by atoms with van der Waals surface area (Å²) in [5, 5.41) is 3.19. The van der Waals surface area contributed by atoms with Gasteiger partial charge in [-0.25, -0.2) is 0 Å². The van der Waals surface area contributed by atoms with E-state index in [-0.39, 0.29) is 6.23 Å². The maximum absolute atomic E-state index is 11.0. The van der Waals surface area contributed by atoms with Crippen LogP contribution in [0.15, 0.2) is 30.3 Å². The first-order valence-corrected chi connectivity index (χ1v) is 5.03. The average Bonchev–Trinajstić information content (AvgIpc) is 2.33. The zero-order valence-electron chi connectivity index (χ0n) is 8.43. The molecule has 1 aliphatic rings. The maximum atomic E-state index is 11.0. The lowest BCUT2D eigenvalue weighted by Crippen LogP contribution is -2.49. The van der Waals surface area contributed by atoms with Crippen molar-refractivity contribution in [3.05, 3.63) is 30.3 Å². The van der Waals surface area contributed by atoms with Crippen LogP contribution in [0.3, 0.4) is 0 Å². The second-order valence-corrected chi connectivity index (χ2v) is 3.38.